The van der Waals surface area contributed by atoms with Crippen LogP contribution in [0.3, 0.4) is 0 Å². The van der Waals surface area contributed by atoms with Crippen LogP contribution in [-0.4, -0.2) is 39.7 Å². The van der Waals surface area contributed by atoms with E-state index in [9.17, 15) is 4.79 Å². The second-order valence-corrected chi connectivity index (χ2v) is 4.33. The predicted molar refractivity (Wildman–Crippen MR) is 68.8 cm³/mol. The van der Waals surface area contributed by atoms with Crippen LogP contribution >= 0.6 is 11.6 Å². The number of rotatable bonds is 2. The van der Waals surface area contributed by atoms with Crippen molar-refractivity contribution >= 4 is 23.2 Å². The molecule has 6 nitrogen and oxygen atoms in total. The zero-order chi connectivity index (χ0) is 13.3. The molecule has 2 rings (SSSR count). The van der Waals surface area contributed by atoms with E-state index in [0.29, 0.717) is 22.2 Å². The lowest BCUT2D eigenvalue weighted by Gasteiger charge is -2.07. The Morgan fingerprint density at radius 1 is 1.50 bits per heavy atom. The normalized spacial score (nSPS) is 10.4. The quantitative estimate of drug-likeness (QED) is 0.885. The first kappa shape index (κ1) is 12.4. The van der Waals surface area contributed by atoms with Gasteiger partial charge in [0.25, 0.3) is 5.91 Å². The molecule has 0 fully saturated rings. The Hall–Kier alpha value is -2.08. The molecule has 7 heteroatoms. The Balaban J connectivity index is 2.38. The van der Waals surface area contributed by atoms with Crippen LogP contribution in [-0.2, 0) is 0 Å². The smallest absolute Gasteiger partial charge is 0.273 e. The number of nitrogens with two attached hydrogens (primary N) is 1. The maximum Gasteiger partial charge on any atom is 0.273 e. The van der Waals surface area contributed by atoms with Gasteiger partial charge in [0.1, 0.15) is 0 Å². The Bertz CT molecular complexity index is 593. The molecular formula is C11H12ClN5O. The Morgan fingerprint density at radius 2 is 2.22 bits per heavy atom. The summed E-state index contributed by atoms with van der Waals surface area (Å²) in [5.41, 5.74) is 6.36. The number of nitrogens with zero attached hydrogens (tertiary/aromatic N) is 4. The fourth-order valence-corrected chi connectivity index (χ4v) is 1.66. The summed E-state index contributed by atoms with van der Waals surface area (Å²) in [6.07, 6.45) is 3.11. The molecule has 1 amide bonds. The molecule has 2 aromatic heterocycles. The van der Waals surface area contributed by atoms with Crippen molar-refractivity contribution in [2.45, 2.75) is 0 Å². The summed E-state index contributed by atoms with van der Waals surface area (Å²) in [6, 6.07) is 3.19. The summed E-state index contributed by atoms with van der Waals surface area (Å²) in [7, 11) is 3.32. The van der Waals surface area contributed by atoms with E-state index in [1.54, 1.807) is 32.4 Å². The molecule has 0 saturated carbocycles. The van der Waals surface area contributed by atoms with Crippen molar-refractivity contribution in [3.05, 3.63) is 35.2 Å². The van der Waals surface area contributed by atoms with E-state index < -0.39 is 0 Å². The summed E-state index contributed by atoms with van der Waals surface area (Å²) in [5.74, 6) is 0.254. The minimum atomic E-state index is -0.180. The standard InChI is InChI=1S/C11H12ClN5O/c1-16(2)11(18)9-3-4-17(15-9)10-8(12)5-7(13)6-14-10/h3-6H,13H2,1-2H3. The number of hydrogen-bond acceptors (Lipinski definition) is 4. The van der Waals surface area contributed by atoms with E-state index in [1.165, 1.54) is 15.8 Å². The molecule has 0 saturated heterocycles. The molecule has 2 aromatic rings. The van der Waals surface area contributed by atoms with E-state index in [4.69, 9.17) is 17.3 Å². The summed E-state index contributed by atoms with van der Waals surface area (Å²) < 4.78 is 1.44. The van der Waals surface area contributed by atoms with E-state index in [1.807, 2.05) is 0 Å². The van der Waals surface area contributed by atoms with Crippen molar-refractivity contribution in [1.82, 2.24) is 19.7 Å². The molecule has 0 bridgehead atoms. The van der Waals surface area contributed by atoms with Gasteiger partial charge in [0.05, 0.1) is 16.9 Å². The first-order chi connectivity index (χ1) is 8.49. The van der Waals surface area contributed by atoms with E-state index in [2.05, 4.69) is 10.1 Å². The Labute approximate surface area is 109 Å². The third-order valence-electron chi connectivity index (χ3n) is 2.27. The summed E-state index contributed by atoms with van der Waals surface area (Å²) in [4.78, 5) is 17.2. The number of hydrogen-bond donors (Lipinski definition) is 1. The van der Waals surface area contributed by atoms with Crippen LogP contribution in [0.1, 0.15) is 10.5 Å². The van der Waals surface area contributed by atoms with Gasteiger partial charge in [-0.2, -0.15) is 5.10 Å². The molecule has 94 valence electrons. The van der Waals surface area contributed by atoms with Crippen molar-refractivity contribution in [2.24, 2.45) is 0 Å². The number of pyridine rings is 1. The fourth-order valence-electron chi connectivity index (χ4n) is 1.40. The minimum absolute atomic E-state index is 0.180. The lowest BCUT2D eigenvalue weighted by molar-refractivity contribution is 0.0821. The Kier molecular flexibility index (Phi) is 3.20. The van der Waals surface area contributed by atoms with Crippen molar-refractivity contribution < 1.29 is 4.79 Å². The van der Waals surface area contributed by atoms with Gasteiger partial charge in [0.2, 0.25) is 0 Å². The van der Waals surface area contributed by atoms with Crippen LogP contribution in [0.2, 0.25) is 5.02 Å². The van der Waals surface area contributed by atoms with Crippen molar-refractivity contribution in [1.29, 1.82) is 0 Å². The number of amides is 1. The first-order valence-electron chi connectivity index (χ1n) is 5.18. The highest BCUT2D eigenvalue weighted by atomic mass is 35.5. The van der Waals surface area contributed by atoms with Gasteiger partial charge in [0, 0.05) is 20.3 Å². The molecule has 0 spiro atoms. The highest BCUT2D eigenvalue weighted by Crippen LogP contribution is 2.19. The number of anilines is 1. The van der Waals surface area contributed by atoms with E-state index >= 15 is 0 Å². The molecule has 0 atom stereocenters. The maximum absolute atomic E-state index is 11.7. The summed E-state index contributed by atoms with van der Waals surface area (Å²) >= 11 is 6.02. The number of carbonyl (C=O) groups excluding carboxylic acids is 1. The van der Waals surface area contributed by atoms with Crippen LogP contribution in [0.5, 0.6) is 0 Å². The molecule has 0 radical (unpaired) electrons. The molecule has 0 unspecified atom stereocenters. The molecule has 18 heavy (non-hydrogen) atoms. The van der Waals surface area contributed by atoms with Gasteiger partial charge in [0.15, 0.2) is 11.5 Å². The average Bonchev–Trinajstić information content (AvgIpc) is 2.77. The molecule has 0 aliphatic heterocycles. The number of halogens is 1. The third kappa shape index (κ3) is 2.28. The second kappa shape index (κ2) is 4.66. The SMILES string of the molecule is CN(C)C(=O)c1ccn(-c2ncc(N)cc2Cl)n1. The van der Waals surface area contributed by atoms with Crippen LogP contribution < -0.4 is 5.73 Å². The van der Waals surface area contributed by atoms with Crippen LogP contribution in [0.4, 0.5) is 5.69 Å². The maximum atomic E-state index is 11.7. The second-order valence-electron chi connectivity index (χ2n) is 3.92. The first-order valence-corrected chi connectivity index (χ1v) is 5.55. The largest absolute Gasteiger partial charge is 0.397 e. The van der Waals surface area contributed by atoms with Crippen LogP contribution in [0.25, 0.3) is 5.82 Å². The number of aromatic nitrogens is 3. The highest BCUT2D eigenvalue weighted by molar-refractivity contribution is 6.32. The monoisotopic (exact) mass is 265 g/mol. The lowest BCUT2D eigenvalue weighted by atomic mass is 10.4. The number of carbonyl (C=O) groups is 1. The van der Waals surface area contributed by atoms with Gasteiger partial charge < -0.3 is 10.6 Å². The van der Waals surface area contributed by atoms with Gasteiger partial charge in [-0.3, -0.25) is 4.79 Å². The topological polar surface area (TPSA) is 77.0 Å². The molecule has 0 aliphatic carbocycles. The van der Waals surface area contributed by atoms with Crippen molar-refractivity contribution in [3.63, 3.8) is 0 Å². The number of nitrogen functional groups attached to an aromatic ring is 1. The minimum Gasteiger partial charge on any atom is -0.397 e. The van der Waals surface area contributed by atoms with Gasteiger partial charge in [-0.05, 0) is 12.1 Å². The van der Waals surface area contributed by atoms with Crippen molar-refractivity contribution in [2.75, 3.05) is 19.8 Å². The molecule has 2 N–H and O–H groups in total. The van der Waals surface area contributed by atoms with Gasteiger partial charge in [-0.1, -0.05) is 11.6 Å². The zero-order valence-corrected chi connectivity index (χ0v) is 10.7. The van der Waals surface area contributed by atoms with Crippen LogP contribution in [0, 0.1) is 0 Å². The lowest BCUT2D eigenvalue weighted by Crippen LogP contribution is -2.22. The highest BCUT2D eigenvalue weighted by Gasteiger charge is 2.13. The van der Waals surface area contributed by atoms with E-state index in [0.717, 1.165) is 0 Å². The van der Waals surface area contributed by atoms with Gasteiger partial charge in [-0.15, -0.1) is 0 Å². The Morgan fingerprint density at radius 3 is 2.83 bits per heavy atom. The summed E-state index contributed by atoms with van der Waals surface area (Å²) in [5, 5.41) is 4.51. The average molecular weight is 266 g/mol. The van der Waals surface area contributed by atoms with Crippen LogP contribution in [0.15, 0.2) is 24.5 Å². The predicted octanol–water partition coefficient (Wildman–Crippen LogP) is 1.20. The summed E-state index contributed by atoms with van der Waals surface area (Å²) in [6.45, 7) is 0. The van der Waals surface area contributed by atoms with Crippen molar-refractivity contribution in [3.8, 4) is 5.82 Å². The van der Waals surface area contributed by atoms with Gasteiger partial charge in [-0.25, -0.2) is 9.67 Å². The van der Waals surface area contributed by atoms with E-state index in [-0.39, 0.29) is 5.91 Å². The molecular weight excluding hydrogens is 254 g/mol. The fraction of sp³-hybridized carbons (Fsp3) is 0.182. The van der Waals surface area contributed by atoms with Gasteiger partial charge >= 0.3 is 0 Å². The molecule has 2 heterocycles. The molecule has 0 aliphatic rings. The third-order valence-corrected chi connectivity index (χ3v) is 2.55. The zero-order valence-electron chi connectivity index (χ0n) is 9.96. The molecule has 0 aromatic carbocycles.